The molecule has 4 aromatic carbocycles. The van der Waals surface area contributed by atoms with E-state index in [0.717, 1.165) is 41.1 Å². The smallest absolute Gasteiger partial charge is 0.416 e. The predicted octanol–water partition coefficient (Wildman–Crippen LogP) is 7.98. The molecule has 1 heterocycles. The fourth-order valence-electron chi connectivity index (χ4n) is 3.93. The Hall–Kier alpha value is -5.32. The Balaban J connectivity index is 1.30. The van der Waals surface area contributed by atoms with Crippen molar-refractivity contribution in [2.75, 3.05) is 5.32 Å². The molecule has 0 fully saturated rings. The minimum absolute atomic E-state index is 0.0221. The van der Waals surface area contributed by atoms with Gasteiger partial charge in [0.1, 0.15) is 29.6 Å². The summed E-state index contributed by atoms with van der Waals surface area (Å²) in [4.78, 5) is 23.5. The quantitative estimate of drug-likeness (QED) is 0.156. The van der Waals surface area contributed by atoms with Crippen molar-refractivity contribution in [3.8, 4) is 17.2 Å². The number of furan rings is 1. The molecule has 0 saturated carbocycles. The zero-order valence-corrected chi connectivity index (χ0v) is 20.5. The van der Waals surface area contributed by atoms with Crippen LogP contribution >= 0.6 is 0 Å². The number of anilines is 1. The van der Waals surface area contributed by atoms with Crippen LogP contribution in [0.2, 0.25) is 0 Å². The van der Waals surface area contributed by atoms with Gasteiger partial charge in [0.2, 0.25) is 0 Å². The van der Waals surface area contributed by atoms with E-state index in [-0.39, 0.29) is 29.6 Å². The van der Waals surface area contributed by atoms with Crippen LogP contribution in [0, 0.1) is 10.1 Å². The molecule has 5 aromatic rings. The lowest BCUT2D eigenvalue weighted by Crippen LogP contribution is -2.11. The van der Waals surface area contributed by atoms with Gasteiger partial charge in [-0.1, -0.05) is 42.5 Å². The summed E-state index contributed by atoms with van der Waals surface area (Å²) in [5.74, 6) is -0.108. The highest BCUT2D eigenvalue weighted by atomic mass is 19.4. The monoisotopic (exact) mass is 548 g/mol. The van der Waals surface area contributed by atoms with Crippen molar-refractivity contribution >= 4 is 28.1 Å². The molecule has 202 valence electrons. The number of carbonyl (C=O) groups excluding carboxylic acids is 1. The van der Waals surface area contributed by atoms with Crippen LogP contribution in [0.5, 0.6) is 17.2 Å². The van der Waals surface area contributed by atoms with Crippen molar-refractivity contribution < 1.29 is 36.8 Å². The number of carbonyl (C=O) groups is 1. The van der Waals surface area contributed by atoms with Crippen molar-refractivity contribution in [2.24, 2.45) is 0 Å². The number of rotatable bonds is 8. The summed E-state index contributed by atoms with van der Waals surface area (Å²) in [5.41, 5.74) is -1.41. The van der Waals surface area contributed by atoms with Gasteiger partial charge >= 0.3 is 6.18 Å². The number of benzene rings is 4. The van der Waals surface area contributed by atoms with Gasteiger partial charge in [-0.2, -0.15) is 13.2 Å². The fraction of sp³-hybridized carbons (Fsp3) is 0.0690. The molecule has 0 aliphatic rings. The van der Waals surface area contributed by atoms with E-state index in [4.69, 9.17) is 13.9 Å². The average molecular weight is 548 g/mol. The molecule has 1 N–H and O–H groups in total. The molecule has 5 rings (SSSR count). The van der Waals surface area contributed by atoms with Crippen molar-refractivity contribution in [3.63, 3.8) is 0 Å². The van der Waals surface area contributed by atoms with Crippen molar-refractivity contribution in [1.29, 1.82) is 0 Å². The highest BCUT2D eigenvalue weighted by molar-refractivity contribution is 6.02. The van der Waals surface area contributed by atoms with Crippen LogP contribution in [0.3, 0.4) is 0 Å². The molecule has 0 bridgehead atoms. The van der Waals surface area contributed by atoms with Gasteiger partial charge in [0.25, 0.3) is 11.6 Å². The first-order chi connectivity index (χ1) is 19.2. The predicted molar refractivity (Wildman–Crippen MR) is 140 cm³/mol. The second kappa shape index (κ2) is 10.8. The molecule has 0 spiro atoms. The first-order valence-corrected chi connectivity index (χ1v) is 11.8. The number of non-ortho nitro benzene ring substituents is 1. The normalized spacial score (nSPS) is 11.3. The van der Waals surface area contributed by atoms with Crippen molar-refractivity contribution in [3.05, 3.63) is 124 Å². The van der Waals surface area contributed by atoms with Crippen LogP contribution in [0.15, 0.2) is 101 Å². The third-order valence-corrected chi connectivity index (χ3v) is 5.76. The van der Waals surface area contributed by atoms with E-state index in [1.807, 2.05) is 42.5 Å². The van der Waals surface area contributed by atoms with Crippen LogP contribution in [0.1, 0.15) is 21.9 Å². The van der Waals surface area contributed by atoms with Gasteiger partial charge in [-0.05, 0) is 41.8 Å². The Kier molecular flexibility index (Phi) is 7.11. The average Bonchev–Trinajstić information content (AvgIpc) is 3.41. The Morgan fingerprint density at radius 3 is 2.48 bits per heavy atom. The first kappa shape index (κ1) is 26.3. The topological polar surface area (TPSA) is 104 Å². The van der Waals surface area contributed by atoms with Gasteiger partial charge in [0, 0.05) is 17.5 Å². The molecular formula is C29H19F3N2O6. The van der Waals surface area contributed by atoms with E-state index in [9.17, 15) is 28.1 Å². The van der Waals surface area contributed by atoms with Crippen LogP contribution < -0.4 is 14.8 Å². The van der Waals surface area contributed by atoms with Crippen LogP contribution in [-0.2, 0) is 12.8 Å². The van der Waals surface area contributed by atoms with Gasteiger partial charge < -0.3 is 19.2 Å². The summed E-state index contributed by atoms with van der Waals surface area (Å²) in [6.45, 7) is 0.0487. The lowest BCUT2D eigenvalue weighted by atomic mass is 10.1. The number of nitrogens with one attached hydrogen (secondary N) is 1. The number of hydrogen-bond donors (Lipinski definition) is 1. The first-order valence-electron chi connectivity index (χ1n) is 11.8. The zero-order valence-electron chi connectivity index (χ0n) is 20.5. The summed E-state index contributed by atoms with van der Waals surface area (Å²) < 4.78 is 56.0. The van der Waals surface area contributed by atoms with Gasteiger partial charge in [-0.3, -0.25) is 14.9 Å². The zero-order chi connectivity index (χ0) is 28.3. The second-order valence-electron chi connectivity index (χ2n) is 8.59. The summed E-state index contributed by atoms with van der Waals surface area (Å²) in [6, 6.07) is 23.8. The standard InChI is InChI=1S/C29H19F3N2O6/c30-29(31,32)19-7-4-8-22(13-19)39-24-15-20(14-21(16-24)34(36)37)33-28(35)27-12-11-23(40-27)17-38-26-10-3-6-18-5-1-2-9-25(18)26/h1-16H,17H2,(H,33,35). The third-order valence-electron chi connectivity index (χ3n) is 5.76. The Bertz CT molecular complexity index is 1710. The second-order valence-corrected chi connectivity index (χ2v) is 8.59. The van der Waals surface area contributed by atoms with Gasteiger partial charge in [0.05, 0.1) is 22.2 Å². The summed E-state index contributed by atoms with van der Waals surface area (Å²) >= 11 is 0. The van der Waals surface area contributed by atoms with Crippen LogP contribution in [0.4, 0.5) is 24.5 Å². The molecule has 0 aliphatic carbocycles. The van der Waals surface area contributed by atoms with Crippen molar-refractivity contribution in [2.45, 2.75) is 12.8 Å². The van der Waals surface area contributed by atoms with E-state index < -0.39 is 28.3 Å². The number of nitrogens with zero attached hydrogens (tertiary/aromatic N) is 1. The number of fused-ring (bicyclic) bond motifs is 1. The molecule has 0 radical (unpaired) electrons. The molecule has 0 atom stereocenters. The van der Waals surface area contributed by atoms with E-state index in [0.29, 0.717) is 11.5 Å². The molecule has 1 aromatic heterocycles. The SMILES string of the molecule is O=C(Nc1cc(Oc2cccc(C(F)(F)F)c2)cc([N+](=O)[O-])c1)c1ccc(COc2cccc3ccccc23)o1. The van der Waals surface area contributed by atoms with E-state index >= 15 is 0 Å². The van der Waals surface area contributed by atoms with E-state index in [2.05, 4.69) is 5.32 Å². The fourth-order valence-corrected chi connectivity index (χ4v) is 3.93. The van der Waals surface area contributed by atoms with Gasteiger partial charge in [-0.25, -0.2) is 0 Å². The molecule has 0 unspecified atom stereocenters. The number of hydrogen-bond acceptors (Lipinski definition) is 6. The number of nitro groups is 1. The number of alkyl halides is 3. The number of ether oxygens (including phenoxy) is 2. The lowest BCUT2D eigenvalue weighted by molar-refractivity contribution is -0.384. The number of nitro benzene ring substituents is 1. The van der Waals surface area contributed by atoms with Gasteiger partial charge in [-0.15, -0.1) is 0 Å². The number of halogens is 3. The Morgan fingerprint density at radius 2 is 1.68 bits per heavy atom. The van der Waals surface area contributed by atoms with Crippen LogP contribution in [-0.4, -0.2) is 10.8 Å². The minimum atomic E-state index is -4.59. The maximum Gasteiger partial charge on any atom is 0.416 e. The number of amides is 1. The molecule has 1 amide bonds. The van der Waals surface area contributed by atoms with Gasteiger partial charge in [0.15, 0.2) is 5.76 Å². The Labute approximate surface area is 224 Å². The molecule has 0 aliphatic heterocycles. The summed E-state index contributed by atoms with van der Waals surface area (Å²) in [6.07, 6.45) is -4.59. The highest BCUT2D eigenvalue weighted by Crippen LogP contribution is 2.34. The summed E-state index contributed by atoms with van der Waals surface area (Å²) in [5, 5.41) is 15.8. The van der Waals surface area contributed by atoms with E-state index in [1.54, 1.807) is 6.07 Å². The third kappa shape index (κ3) is 6.04. The van der Waals surface area contributed by atoms with Crippen molar-refractivity contribution in [1.82, 2.24) is 0 Å². The van der Waals surface area contributed by atoms with Crippen LogP contribution in [0.25, 0.3) is 10.8 Å². The molecule has 11 heteroatoms. The maximum atomic E-state index is 13.0. The lowest BCUT2D eigenvalue weighted by Gasteiger charge is -2.11. The largest absolute Gasteiger partial charge is 0.485 e. The Morgan fingerprint density at radius 1 is 0.900 bits per heavy atom. The maximum absolute atomic E-state index is 13.0. The molecular weight excluding hydrogens is 529 g/mol. The van der Waals surface area contributed by atoms with E-state index in [1.165, 1.54) is 18.2 Å². The molecule has 40 heavy (non-hydrogen) atoms. The highest BCUT2D eigenvalue weighted by Gasteiger charge is 2.30. The minimum Gasteiger partial charge on any atom is -0.485 e. The summed E-state index contributed by atoms with van der Waals surface area (Å²) in [7, 11) is 0. The molecule has 0 saturated heterocycles. The molecule has 8 nitrogen and oxygen atoms in total.